The van der Waals surface area contributed by atoms with E-state index in [1.807, 2.05) is 90.9 Å². The number of esters is 2. The highest BCUT2D eigenvalue weighted by Crippen LogP contribution is 2.46. The average Bonchev–Trinajstić information content (AvgIpc) is 3.49. The number of likely N-dealkylation sites (N-methyl/N-ethyl adjacent to an activating group) is 1. The van der Waals surface area contributed by atoms with Crippen LogP contribution in [0.5, 0.6) is 5.75 Å². The summed E-state index contributed by atoms with van der Waals surface area (Å²) in [7, 11) is 3.81. The Balaban J connectivity index is 1.54. The Morgan fingerprint density at radius 3 is 2.38 bits per heavy atom. The number of fused-ring (bicyclic) bond motifs is 4. The molecule has 314 valence electrons. The minimum absolute atomic E-state index is 0.0281. The molecule has 2 bridgehead atoms. The van der Waals surface area contributed by atoms with Gasteiger partial charge in [0.15, 0.2) is 12.9 Å². The summed E-state index contributed by atoms with van der Waals surface area (Å²) in [5, 5.41) is 16.0. The second-order valence-corrected chi connectivity index (χ2v) is 16.9. The topological polar surface area (TPSA) is 161 Å². The van der Waals surface area contributed by atoms with E-state index >= 15 is 0 Å². The van der Waals surface area contributed by atoms with Gasteiger partial charge >= 0.3 is 11.9 Å². The number of carbonyl (C=O) groups excluding carboxylic acids is 3. The summed E-state index contributed by atoms with van der Waals surface area (Å²) in [6.45, 7) is 15.1. The molecule has 0 saturated carbocycles. The van der Waals surface area contributed by atoms with E-state index in [2.05, 4.69) is 5.16 Å². The maximum atomic E-state index is 14.5. The summed E-state index contributed by atoms with van der Waals surface area (Å²) in [6, 6.07) is 9.14. The zero-order chi connectivity index (χ0) is 40.9. The fourth-order valence-corrected chi connectivity index (χ4v) is 9.26. The first-order chi connectivity index (χ1) is 26.5. The molecular weight excluding hydrogens is 724 g/mol. The van der Waals surface area contributed by atoms with Crippen LogP contribution in [0, 0.1) is 29.6 Å². The molecule has 4 aliphatic rings. The molecule has 4 saturated heterocycles. The second-order valence-electron chi connectivity index (χ2n) is 16.9. The Labute approximate surface area is 331 Å². The Kier molecular flexibility index (Phi) is 14.6. The third-order valence-corrected chi connectivity index (χ3v) is 12.4. The first kappa shape index (κ1) is 44.0. The number of carbonyl (C=O) groups is 3. The predicted octanol–water partition coefficient (Wildman–Crippen LogP) is 4.58. The molecule has 14 heteroatoms. The van der Waals surface area contributed by atoms with Crippen LogP contribution in [0.15, 0.2) is 35.5 Å². The Bertz CT molecular complexity index is 1530. The standard InChI is InChI=1S/C42H64N2O12/c1-11-33-42(8)31(20-34(45)56-42)26(4)35(46)24(2)21-41(7)38(55-40-36(47)32(44(9)10)19-25(3)53-40)27(5)37(28(6)39(48)54-33)50-22-29(23-51-41)43-52-18-17-49-30-15-13-12-14-16-30/h12-16,24-28,31-33,36-38,40,47H,11,17-23H2,1-10H3/b43-29-/t24-,25-,26-,27+,28-,31+,32+,33-,36-,37+,38-,40+,41-,42+/m1/s1. The highest BCUT2D eigenvalue weighted by molar-refractivity contribution is 5.87. The van der Waals surface area contributed by atoms with Gasteiger partial charge in [-0.15, -0.1) is 0 Å². The Morgan fingerprint density at radius 2 is 1.70 bits per heavy atom. The lowest BCUT2D eigenvalue weighted by atomic mass is 9.70. The van der Waals surface area contributed by atoms with Crippen LogP contribution in [0.2, 0.25) is 0 Å². The number of para-hydroxylation sites is 1. The fourth-order valence-electron chi connectivity index (χ4n) is 9.26. The van der Waals surface area contributed by atoms with E-state index in [1.165, 1.54) is 0 Å². The highest BCUT2D eigenvalue weighted by Gasteiger charge is 2.57. The zero-order valence-corrected chi connectivity index (χ0v) is 34.8. The van der Waals surface area contributed by atoms with Crippen LogP contribution in [-0.4, -0.2) is 128 Å². The quantitative estimate of drug-likeness (QED) is 0.211. The lowest BCUT2D eigenvalue weighted by Crippen LogP contribution is -2.60. The van der Waals surface area contributed by atoms with Gasteiger partial charge < -0.3 is 48.0 Å². The molecule has 14 nitrogen and oxygen atoms in total. The molecule has 56 heavy (non-hydrogen) atoms. The van der Waals surface area contributed by atoms with E-state index in [9.17, 15) is 19.5 Å². The largest absolute Gasteiger partial charge is 0.490 e. The molecule has 0 aromatic heterocycles. The second kappa shape index (κ2) is 18.6. The number of ketones is 1. The molecule has 0 unspecified atom stereocenters. The molecule has 1 N–H and O–H groups in total. The average molecular weight is 789 g/mol. The molecule has 1 aromatic rings. The van der Waals surface area contributed by atoms with Crippen LogP contribution in [0.4, 0.5) is 0 Å². The van der Waals surface area contributed by atoms with Crippen molar-refractivity contribution in [1.82, 2.24) is 4.90 Å². The number of hydrogen-bond acceptors (Lipinski definition) is 14. The summed E-state index contributed by atoms with van der Waals surface area (Å²) in [6.07, 6.45) is -3.62. The molecule has 1 aromatic carbocycles. The van der Waals surface area contributed by atoms with Gasteiger partial charge in [-0.25, -0.2) is 0 Å². The van der Waals surface area contributed by atoms with Gasteiger partial charge in [-0.1, -0.05) is 51.0 Å². The van der Waals surface area contributed by atoms with Crippen LogP contribution >= 0.6 is 0 Å². The van der Waals surface area contributed by atoms with E-state index in [4.69, 9.17) is 38.0 Å². The lowest BCUT2D eigenvalue weighted by molar-refractivity contribution is -0.302. The molecule has 0 spiro atoms. The fraction of sp³-hybridized carbons (Fsp3) is 0.762. The number of rotatable bonds is 9. The van der Waals surface area contributed by atoms with Gasteiger partial charge in [0.05, 0.1) is 49.5 Å². The maximum absolute atomic E-state index is 14.5. The number of nitrogens with zero attached hydrogens (tertiary/aromatic N) is 2. The number of oxime groups is 1. The number of hydrogen-bond donors (Lipinski definition) is 1. The number of benzene rings is 1. The predicted molar refractivity (Wildman–Crippen MR) is 206 cm³/mol. The summed E-state index contributed by atoms with van der Waals surface area (Å²) >= 11 is 0. The first-order valence-corrected chi connectivity index (χ1v) is 20.2. The van der Waals surface area contributed by atoms with Gasteiger partial charge in [-0.3, -0.25) is 14.4 Å². The van der Waals surface area contributed by atoms with E-state index in [1.54, 1.807) is 13.8 Å². The molecule has 4 aliphatic heterocycles. The number of Topliss-reactive ketones (excluding diaryl/α,β-unsaturated/α-hetero) is 1. The number of cyclic esters (lactones) is 1. The maximum Gasteiger partial charge on any atom is 0.311 e. The van der Waals surface area contributed by atoms with E-state index in [-0.39, 0.29) is 57.2 Å². The summed E-state index contributed by atoms with van der Waals surface area (Å²) in [4.78, 5) is 49.3. The number of aliphatic hydroxyl groups excluding tert-OH is 1. The SMILES string of the molecule is CC[C@H]1OC(=O)[C@H](C)[C@H]2OC/C(=N/OCCOc3ccccc3)CO[C@](C)(C[C@@H](C)C(=O)[C@H](C)[C@@H]3CC(=O)O[C@]13C)[C@H](O[C@@H]1O[C@H](C)C[C@H](N(C)C)[C@H]1O)[C@H]2C. The van der Waals surface area contributed by atoms with E-state index < -0.39 is 83.4 Å². The monoisotopic (exact) mass is 788 g/mol. The molecule has 0 radical (unpaired) electrons. The van der Waals surface area contributed by atoms with Crippen molar-refractivity contribution in [2.24, 2.45) is 34.7 Å². The molecule has 0 amide bonds. The molecule has 4 fully saturated rings. The van der Waals surface area contributed by atoms with Crippen molar-refractivity contribution in [3.05, 3.63) is 30.3 Å². The van der Waals surface area contributed by atoms with Crippen LogP contribution in [-0.2, 0) is 47.6 Å². The van der Waals surface area contributed by atoms with Crippen molar-refractivity contribution in [3.63, 3.8) is 0 Å². The van der Waals surface area contributed by atoms with Gasteiger partial charge in [0.2, 0.25) is 0 Å². The molecule has 4 heterocycles. The molecular formula is C42H64N2O12. The first-order valence-electron chi connectivity index (χ1n) is 20.2. The van der Waals surface area contributed by atoms with Gasteiger partial charge in [0.25, 0.3) is 0 Å². The number of ether oxygens (including phenoxy) is 7. The van der Waals surface area contributed by atoms with Crippen molar-refractivity contribution in [1.29, 1.82) is 0 Å². The third-order valence-electron chi connectivity index (χ3n) is 12.4. The number of aliphatic hydroxyl groups is 1. The summed E-state index contributed by atoms with van der Waals surface area (Å²) in [5.74, 6) is -3.51. The molecule has 14 atom stereocenters. The highest BCUT2D eigenvalue weighted by atomic mass is 16.7. The van der Waals surface area contributed by atoms with Crippen LogP contribution in [0.3, 0.4) is 0 Å². The normalized spacial score (nSPS) is 40.9. The van der Waals surface area contributed by atoms with Gasteiger partial charge in [0, 0.05) is 29.7 Å². The molecule has 0 aliphatic carbocycles. The van der Waals surface area contributed by atoms with Crippen molar-refractivity contribution < 1.29 is 57.5 Å². The van der Waals surface area contributed by atoms with Gasteiger partial charge in [-0.2, -0.15) is 0 Å². The molecule has 5 rings (SSSR count). The van der Waals surface area contributed by atoms with Crippen molar-refractivity contribution >= 4 is 23.4 Å². The van der Waals surface area contributed by atoms with Gasteiger partial charge in [-0.05, 0) is 73.2 Å². The van der Waals surface area contributed by atoms with Crippen LogP contribution < -0.4 is 4.74 Å². The Morgan fingerprint density at radius 1 is 0.982 bits per heavy atom. The van der Waals surface area contributed by atoms with Crippen LogP contribution in [0.25, 0.3) is 0 Å². The smallest absolute Gasteiger partial charge is 0.311 e. The van der Waals surface area contributed by atoms with Crippen molar-refractivity contribution in [2.45, 2.75) is 135 Å². The summed E-state index contributed by atoms with van der Waals surface area (Å²) in [5.41, 5.74) is -2.02. The van der Waals surface area contributed by atoms with E-state index in [0.717, 1.165) is 0 Å². The lowest BCUT2D eigenvalue weighted by Gasteiger charge is -2.48. The van der Waals surface area contributed by atoms with Gasteiger partial charge in [0.1, 0.15) is 41.7 Å². The third kappa shape index (κ3) is 9.75. The van der Waals surface area contributed by atoms with Crippen molar-refractivity contribution in [3.8, 4) is 5.75 Å². The zero-order valence-electron chi connectivity index (χ0n) is 34.8. The summed E-state index contributed by atoms with van der Waals surface area (Å²) < 4.78 is 44.6. The van der Waals surface area contributed by atoms with Crippen LogP contribution in [0.1, 0.15) is 81.1 Å². The Hall–Kier alpha value is -3.14. The minimum atomic E-state index is -1.22. The minimum Gasteiger partial charge on any atom is -0.490 e. The van der Waals surface area contributed by atoms with Crippen molar-refractivity contribution in [2.75, 3.05) is 40.5 Å². The van der Waals surface area contributed by atoms with E-state index in [0.29, 0.717) is 24.3 Å².